The first-order chi connectivity index (χ1) is 7.61. The Bertz CT molecular complexity index is 288. The van der Waals surface area contributed by atoms with Crippen molar-refractivity contribution < 1.29 is 9.90 Å². The normalized spacial score (nSPS) is 11.2. The van der Waals surface area contributed by atoms with Crippen molar-refractivity contribution >= 4 is 17.6 Å². The van der Waals surface area contributed by atoms with Crippen LogP contribution >= 0.6 is 11.6 Å². The summed E-state index contributed by atoms with van der Waals surface area (Å²) < 4.78 is 0. The van der Waals surface area contributed by atoms with Gasteiger partial charge in [-0.25, -0.2) is 0 Å². The molecule has 0 saturated carbocycles. The van der Waals surface area contributed by atoms with Gasteiger partial charge in [0.05, 0.1) is 0 Å². The Morgan fingerprint density at radius 2 is 1.94 bits per heavy atom. The molecule has 0 bridgehead atoms. The van der Waals surface area contributed by atoms with E-state index in [1.807, 2.05) is 37.3 Å². The van der Waals surface area contributed by atoms with Crippen LogP contribution in [0.25, 0.3) is 0 Å². The molecule has 1 atom stereocenters. The van der Waals surface area contributed by atoms with E-state index in [4.69, 9.17) is 22.4 Å². The average molecular weight is 244 g/mol. The molecule has 0 saturated heterocycles. The number of aliphatic carboxylic acids is 1. The van der Waals surface area contributed by atoms with Crippen LogP contribution in [-0.2, 0) is 11.2 Å². The molecule has 90 valence electrons. The van der Waals surface area contributed by atoms with Gasteiger partial charge < -0.3 is 10.8 Å². The van der Waals surface area contributed by atoms with Gasteiger partial charge in [-0.15, -0.1) is 11.6 Å². The third-order valence-corrected chi connectivity index (χ3v) is 2.18. The number of nitrogens with two attached hydrogens (primary N) is 1. The fraction of sp³-hybridized carbons (Fsp3) is 0.417. The molecule has 0 amide bonds. The number of carboxylic acids is 1. The highest BCUT2D eigenvalue weighted by molar-refractivity contribution is 6.17. The van der Waals surface area contributed by atoms with Crippen LogP contribution in [0, 0.1) is 0 Å². The van der Waals surface area contributed by atoms with Gasteiger partial charge in [0.2, 0.25) is 0 Å². The van der Waals surface area contributed by atoms with Crippen LogP contribution in [0.3, 0.4) is 0 Å². The first-order valence-electron chi connectivity index (χ1n) is 5.20. The number of hydrogen-bond acceptors (Lipinski definition) is 2. The Morgan fingerprint density at radius 3 is 2.31 bits per heavy atom. The average Bonchev–Trinajstić information content (AvgIpc) is 2.30. The maximum absolute atomic E-state index is 10.4. The van der Waals surface area contributed by atoms with Crippen LogP contribution in [0.1, 0.15) is 18.9 Å². The van der Waals surface area contributed by atoms with Crippen LogP contribution in [0.2, 0.25) is 0 Å². The minimum atomic E-state index is -0.959. The van der Waals surface area contributed by atoms with Crippen molar-refractivity contribution in [3.05, 3.63) is 35.9 Å². The minimum absolute atomic E-state index is 0.385. The van der Waals surface area contributed by atoms with Crippen LogP contribution in [0.15, 0.2) is 30.3 Å². The lowest BCUT2D eigenvalue weighted by Gasteiger charge is -2.04. The molecule has 0 unspecified atom stereocenters. The van der Waals surface area contributed by atoms with E-state index >= 15 is 0 Å². The number of benzene rings is 1. The van der Waals surface area contributed by atoms with Crippen molar-refractivity contribution in [2.45, 2.75) is 25.8 Å². The summed E-state index contributed by atoms with van der Waals surface area (Å²) in [5.41, 5.74) is 6.30. The van der Waals surface area contributed by atoms with E-state index in [0.717, 1.165) is 17.9 Å². The van der Waals surface area contributed by atoms with Gasteiger partial charge >= 0.3 is 5.97 Å². The number of halogens is 1. The molecule has 3 nitrogen and oxygen atoms in total. The van der Waals surface area contributed by atoms with Gasteiger partial charge in [-0.2, -0.15) is 0 Å². The molecule has 0 aliphatic heterocycles. The summed E-state index contributed by atoms with van der Waals surface area (Å²) in [6.07, 6.45) is 1.47. The van der Waals surface area contributed by atoms with Crippen molar-refractivity contribution in [3.8, 4) is 0 Å². The zero-order valence-electron chi connectivity index (χ0n) is 9.40. The van der Waals surface area contributed by atoms with Crippen molar-refractivity contribution in [2.24, 2.45) is 5.73 Å². The fourth-order valence-electron chi connectivity index (χ4n) is 0.955. The van der Waals surface area contributed by atoms with E-state index in [-0.39, 0.29) is 0 Å². The van der Waals surface area contributed by atoms with Crippen molar-refractivity contribution in [1.82, 2.24) is 0 Å². The molecule has 0 aliphatic rings. The second-order valence-electron chi connectivity index (χ2n) is 3.32. The van der Waals surface area contributed by atoms with Crippen LogP contribution in [-0.4, -0.2) is 23.0 Å². The Kier molecular flexibility index (Phi) is 8.58. The van der Waals surface area contributed by atoms with Gasteiger partial charge in [0, 0.05) is 5.88 Å². The van der Waals surface area contributed by atoms with Gasteiger partial charge in [0.25, 0.3) is 0 Å². The molecular weight excluding hydrogens is 226 g/mol. The molecule has 0 fully saturated rings. The molecule has 4 heteroatoms. The standard InChI is InChI=1S/C9H11NO2.C3H7Cl/c10-8(9(11)12)6-7-4-2-1-3-5-7;1-2-3-4/h1-5,8H,6,10H2,(H,11,12);2-3H2,1H3/t8-;/m0./s1. The smallest absolute Gasteiger partial charge is 0.320 e. The quantitative estimate of drug-likeness (QED) is 0.798. The lowest BCUT2D eigenvalue weighted by atomic mass is 10.1. The number of rotatable bonds is 4. The SMILES string of the molecule is CCCCl.N[C@@H](Cc1ccccc1)C(=O)O. The molecule has 0 aromatic heterocycles. The lowest BCUT2D eigenvalue weighted by molar-refractivity contribution is -0.138. The van der Waals surface area contributed by atoms with Gasteiger partial charge in [-0.05, 0) is 18.4 Å². The number of hydrogen-bond donors (Lipinski definition) is 2. The number of carbonyl (C=O) groups is 1. The van der Waals surface area contributed by atoms with Crippen molar-refractivity contribution in [3.63, 3.8) is 0 Å². The first-order valence-corrected chi connectivity index (χ1v) is 5.73. The van der Waals surface area contributed by atoms with Crippen molar-refractivity contribution in [1.29, 1.82) is 0 Å². The van der Waals surface area contributed by atoms with E-state index in [1.165, 1.54) is 0 Å². The van der Waals surface area contributed by atoms with Crippen molar-refractivity contribution in [2.75, 3.05) is 5.88 Å². The predicted molar refractivity (Wildman–Crippen MR) is 66.8 cm³/mol. The molecule has 16 heavy (non-hydrogen) atoms. The highest BCUT2D eigenvalue weighted by Gasteiger charge is 2.10. The highest BCUT2D eigenvalue weighted by atomic mass is 35.5. The van der Waals surface area contributed by atoms with Crippen LogP contribution in [0.5, 0.6) is 0 Å². The van der Waals surface area contributed by atoms with Gasteiger partial charge in [-0.1, -0.05) is 37.3 Å². The fourth-order valence-corrected chi connectivity index (χ4v) is 0.955. The first kappa shape index (κ1) is 14.9. The molecule has 1 rings (SSSR count). The third kappa shape index (κ3) is 7.26. The van der Waals surface area contributed by atoms with E-state index in [9.17, 15) is 4.79 Å². The molecule has 0 spiro atoms. The molecule has 0 aliphatic carbocycles. The van der Waals surface area contributed by atoms with E-state index in [2.05, 4.69) is 0 Å². The highest BCUT2D eigenvalue weighted by Crippen LogP contribution is 2.01. The zero-order valence-corrected chi connectivity index (χ0v) is 10.2. The monoisotopic (exact) mass is 243 g/mol. The molecule has 3 N–H and O–H groups in total. The number of alkyl halides is 1. The van der Waals surface area contributed by atoms with E-state index in [1.54, 1.807) is 0 Å². The van der Waals surface area contributed by atoms with Crippen LogP contribution < -0.4 is 5.73 Å². The maximum Gasteiger partial charge on any atom is 0.320 e. The zero-order chi connectivity index (χ0) is 12.4. The summed E-state index contributed by atoms with van der Waals surface area (Å²) in [5, 5.41) is 8.52. The molecule has 0 radical (unpaired) electrons. The molecule has 0 heterocycles. The minimum Gasteiger partial charge on any atom is -0.480 e. The summed E-state index contributed by atoms with van der Waals surface area (Å²) in [6.45, 7) is 2.05. The molecule has 1 aromatic carbocycles. The largest absolute Gasteiger partial charge is 0.480 e. The number of carboxylic acid groups (broad SMARTS) is 1. The Hall–Kier alpha value is -1.06. The second-order valence-corrected chi connectivity index (χ2v) is 3.70. The maximum atomic E-state index is 10.4. The van der Waals surface area contributed by atoms with Gasteiger partial charge in [0.1, 0.15) is 6.04 Å². The van der Waals surface area contributed by atoms with Gasteiger partial charge in [-0.3, -0.25) is 4.79 Å². The summed E-state index contributed by atoms with van der Waals surface area (Å²) >= 11 is 5.19. The van der Waals surface area contributed by atoms with E-state index < -0.39 is 12.0 Å². The molecule has 1 aromatic rings. The van der Waals surface area contributed by atoms with E-state index in [0.29, 0.717) is 6.42 Å². The lowest BCUT2D eigenvalue weighted by Crippen LogP contribution is -2.32. The Morgan fingerprint density at radius 1 is 1.44 bits per heavy atom. The topological polar surface area (TPSA) is 63.3 Å². The predicted octanol–water partition coefficient (Wildman–Crippen LogP) is 2.28. The van der Waals surface area contributed by atoms with Gasteiger partial charge in [0.15, 0.2) is 0 Å². The summed E-state index contributed by atoms with van der Waals surface area (Å²) in [7, 11) is 0. The summed E-state index contributed by atoms with van der Waals surface area (Å²) in [6, 6.07) is 8.54. The summed E-state index contributed by atoms with van der Waals surface area (Å²) in [4.78, 5) is 10.4. The third-order valence-electron chi connectivity index (χ3n) is 1.80. The van der Waals surface area contributed by atoms with Crippen LogP contribution in [0.4, 0.5) is 0 Å². The second kappa shape index (κ2) is 9.19. The summed E-state index contributed by atoms with van der Waals surface area (Å²) in [5.74, 6) is -0.168. The Labute approximate surface area is 101 Å². The molecular formula is C12H18ClNO2. The Balaban J connectivity index is 0.000000487.